The van der Waals surface area contributed by atoms with Gasteiger partial charge >= 0.3 is 0 Å². The number of halogens is 1. The van der Waals surface area contributed by atoms with Crippen LogP contribution in [0.4, 0.5) is 10.1 Å². The number of hydrogen-bond donors (Lipinski definition) is 1. The molecule has 4 aromatic rings. The van der Waals surface area contributed by atoms with Crippen molar-refractivity contribution in [3.63, 3.8) is 0 Å². The molecule has 8 nitrogen and oxygen atoms in total. The number of nitrogens with one attached hydrogen (secondary N) is 1. The Balaban J connectivity index is 1.33. The molecule has 1 unspecified atom stereocenters. The van der Waals surface area contributed by atoms with E-state index in [1.165, 1.54) is 23.5 Å². The van der Waals surface area contributed by atoms with Crippen molar-refractivity contribution in [1.82, 2.24) is 10.3 Å². The molecule has 0 aliphatic carbocycles. The second-order valence-corrected chi connectivity index (χ2v) is 9.02. The van der Waals surface area contributed by atoms with Crippen molar-refractivity contribution in [1.29, 1.82) is 0 Å². The molecule has 0 amide bonds. The lowest BCUT2D eigenvalue weighted by Gasteiger charge is -2.23. The molecule has 0 spiro atoms. The predicted molar refractivity (Wildman–Crippen MR) is 131 cm³/mol. The van der Waals surface area contributed by atoms with Gasteiger partial charge in [0.25, 0.3) is 5.69 Å². The molecule has 35 heavy (non-hydrogen) atoms. The van der Waals surface area contributed by atoms with E-state index >= 15 is 0 Å². The summed E-state index contributed by atoms with van der Waals surface area (Å²) < 4.78 is 32.5. The number of pyridine rings is 1. The highest BCUT2D eigenvalue weighted by Gasteiger charge is 2.16. The number of aromatic nitrogens is 1. The fraction of sp³-hybridized carbons (Fsp3) is 0.240. The largest absolute Gasteiger partial charge is 0.493 e. The van der Waals surface area contributed by atoms with Gasteiger partial charge in [-0.2, -0.15) is 0 Å². The van der Waals surface area contributed by atoms with Crippen molar-refractivity contribution >= 4 is 27.2 Å². The van der Waals surface area contributed by atoms with E-state index in [0.29, 0.717) is 17.9 Å². The molecule has 2 aromatic carbocycles. The van der Waals surface area contributed by atoms with Gasteiger partial charge in [-0.3, -0.25) is 15.1 Å². The highest BCUT2D eigenvalue weighted by Crippen LogP contribution is 2.40. The van der Waals surface area contributed by atoms with Crippen LogP contribution in [0, 0.1) is 15.9 Å². The first-order chi connectivity index (χ1) is 17.1. The quantitative estimate of drug-likeness (QED) is 0.253. The summed E-state index contributed by atoms with van der Waals surface area (Å²) in [5, 5.41) is 14.2. The topological polar surface area (TPSA) is 95.8 Å². The minimum Gasteiger partial charge on any atom is -0.493 e. The lowest BCUT2D eigenvalue weighted by molar-refractivity contribution is -0.385. The number of ether oxygens (including phenoxy) is 3. The molecule has 1 saturated heterocycles. The van der Waals surface area contributed by atoms with Gasteiger partial charge in [-0.1, -0.05) is 12.1 Å². The molecular formula is C25H22FN3O5S. The zero-order valence-electron chi connectivity index (χ0n) is 18.6. The normalized spacial score (nSPS) is 15.7. The van der Waals surface area contributed by atoms with Crippen LogP contribution in [0.1, 0.15) is 6.42 Å². The van der Waals surface area contributed by atoms with Crippen LogP contribution in [0.5, 0.6) is 17.2 Å². The lowest BCUT2D eigenvalue weighted by atomic mass is 10.2. The van der Waals surface area contributed by atoms with Gasteiger partial charge in [-0.05, 0) is 29.8 Å². The molecule has 1 aliphatic heterocycles. The van der Waals surface area contributed by atoms with E-state index < -0.39 is 10.7 Å². The minimum atomic E-state index is -0.805. The molecule has 3 heterocycles. The van der Waals surface area contributed by atoms with E-state index in [1.807, 2.05) is 30.3 Å². The monoisotopic (exact) mass is 495 g/mol. The molecule has 10 heteroatoms. The van der Waals surface area contributed by atoms with Crippen LogP contribution >= 0.6 is 11.3 Å². The van der Waals surface area contributed by atoms with Crippen molar-refractivity contribution in [2.75, 3.05) is 26.3 Å². The van der Waals surface area contributed by atoms with Crippen molar-refractivity contribution in [3.8, 4) is 27.7 Å². The Labute approximate surface area is 204 Å². The minimum absolute atomic E-state index is 0.0920. The Kier molecular flexibility index (Phi) is 6.84. The van der Waals surface area contributed by atoms with Gasteiger partial charge in [0, 0.05) is 42.7 Å². The van der Waals surface area contributed by atoms with Gasteiger partial charge in [0.2, 0.25) is 0 Å². The zero-order valence-corrected chi connectivity index (χ0v) is 19.4. The molecule has 1 aliphatic rings. The van der Waals surface area contributed by atoms with Gasteiger partial charge in [-0.15, -0.1) is 11.3 Å². The summed E-state index contributed by atoms with van der Waals surface area (Å²) in [7, 11) is 0. The highest BCUT2D eigenvalue weighted by molar-refractivity contribution is 7.22. The molecule has 0 saturated carbocycles. The maximum absolute atomic E-state index is 14.4. The van der Waals surface area contributed by atoms with E-state index in [1.54, 1.807) is 12.3 Å². The van der Waals surface area contributed by atoms with Crippen LogP contribution < -0.4 is 14.8 Å². The van der Waals surface area contributed by atoms with Gasteiger partial charge < -0.3 is 19.5 Å². The van der Waals surface area contributed by atoms with Crippen molar-refractivity contribution < 1.29 is 23.5 Å². The molecule has 1 atom stereocenters. The van der Waals surface area contributed by atoms with Crippen molar-refractivity contribution in [2.24, 2.45) is 0 Å². The average Bonchev–Trinajstić information content (AvgIpc) is 3.32. The number of fused-ring (bicyclic) bond motifs is 1. The van der Waals surface area contributed by atoms with Crippen LogP contribution in [-0.2, 0) is 4.74 Å². The van der Waals surface area contributed by atoms with E-state index in [-0.39, 0.29) is 17.5 Å². The summed E-state index contributed by atoms with van der Waals surface area (Å²) in [6, 6.07) is 14.7. The maximum atomic E-state index is 14.4. The molecule has 0 radical (unpaired) electrons. The number of nitro benzene ring substituents is 1. The first-order valence-corrected chi connectivity index (χ1v) is 11.9. The highest BCUT2D eigenvalue weighted by atomic mass is 32.1. The molecule has 0 bridgehead atoms. The first kappa shape index (κ1) is 23.2. The molecule has 1 N–H and O–H groups in total. The maximum Gasteiger partial charge on any atom is 0.272 e. The third-order valence-electron chi connectivity index (χ3n) is 5.55. The first-order valence-electron chi connectivity index (χ1n) is 11.1. The van der Waals surface area contributed by atoms with Crippen LogP contribution in [0.25, 0.3) is 20.7 Å². The van der Waals surface area contributed by atoms with Crippen LogP contribution in [0.15, 0.2) is 60.8 Å². The van der Waals surface area contributed by atoms with E-state index in [9.17, 15) is 14.5 Å². The zero-order chi connectivity index (χ0) is 24.2. The van der Waals surface area contributed by atoms with Gasteiger partial charge in [0.15, 0.2) is 11.6 Å². The standard InChI is InChI=1S/C25H22FN3O5S/c26-20-13-17(29(30)31)4-5-22(20)34-23-6-8-28-21-14-24(35-25(21)23)16-2-1-3-18(12-16)32-10-7-19-15-27-9-11-33-19/h1-6,8,12-14,19,27H,7,9-11,15H2. The Morgan fingerprint density at radius 1 is 1.20 bits per heavy atom. The second-order valence-electron chi connectivity index (χ2n) is 7.97. The Morgan fingerprint density at radius 3 is 2.91 bits per heavy atom. The second kappa shape index (κ2) is 10.3. The van der Waals surface area contributed by atoms with Crippen LogP contribution in [-0.4, -0.2) is 42.3 Å². The number of thiophene rings is 1. The smallest absolute Gasteiger partial charge is 0.272 e. The number of morpholine rings is 1. The third kappa shape index (κ3) is 5.40. The third-order valence-corrected chi connectivity index (χ3v) is 6.74. The number of rotatable bonds is 8. The SMILES string of the molecule is O=[N+]([O-])c1ccc(Oc2ccnc3cc(-c4cccc(OCCC5CNCCO5)c4)sc23)c(F)c1. The summed E-state index contributed by atoms with van der Waals surface area (Å²) in [5.41, 5.74) is 1.34. The van der Waals surface area contributed by atoms with Gasteiger partial charge in [0.05, 0.1) is 40.5 Å². The average molecular weight is 496 g/mol. The Morgan fingerprint density at radius 2 is 2.11 bits per heavy atom. The van der Waals surface area contributed by atoms with Crippen LogP contribution in [0.3, 0.4) is 0 Å². The lowest BCUT2D eigenvalue weighted by Crippen LogP contribution is -2.39. The fourth-order valence-electron chi connectivity index (χ4n) is 3.79. The molecule has 2 aromatic heterocycles. The molecule has 180 valence electrons. The predicted octanol–water partition coefficient (Wildman–Crippen LogP) is 5.56. The van der Waals surface area contributed by atoms with E-state index in [0.717, 1.165) is 53.1 Å². The Hall–Kier alpha value is -3.60. The van der Waals surface area contributed by atoms with Crippen molar-refractivity contribution in [2.45, 2.75) is 12.5 Å². The Bertz CT molecular complexity index is 1360. The molecule has 5 rings (SSSR count). The number of benzene rings is 2. The summed E-state index contributed by atoms with van der Waals surface area (Å²) in [5.74, 6) is 0.291. The van der Waals surface area contributed by atoms with Gasteiger partial charge in [0.1, 0.15) is 11.5 Å². The summed E-state index contributed by atoms with van der Waals surface area (Å²) in [4.78, 5) is 15.6. The molecule has 1 fully saturated rings. The fourth-order valence-corrected chi connectivity index (χ4v) is 4.86. The van der Waals surface area contributed by atoms with Crippen LogP contribution in [0.2, 0.25) is 0 Å². The van der Waals surface area contributed by atoms with E-state index in [2.05, 4.69) is 10.3 Å². The summed E-state index contributed by atoms with van der Waals surface area (Å²) in [6.07, 6.45) is 2.56. The number of non-ortho nitro benzene ring substituents is 1. The number of nitrogens with zero attached hydrogens (tertiary/aromatic N) is 2. The summed E-state index contributed by atoms with van der Waals surface area (Å²) >= 11 is 1.46. The number of hydrogen-bond acceptors (Lipinski definition) is 8. The van der Waals surface area contributed by atoms with Gasteiger partial charge in [-0.25, -0.2) is 4.39 Å². The summed E-state index contributed by atoms with van der Waals surface area (Å²) in [6.45, 7) is 3.01. The molecular weight excluding hydrogens is 473 g/mol. The number of nitro groups is 1. The van der Waals surface area contributed by atoms with E-state index in [4.69, 9.17) is 14.2 Å². The van der Waals surface area contributed by atoms with Crippen molar-refractivity contribution in [3.05, 3.63) is 76.7 Å².